The first kappa shape index (κ1) is 23.5. The van der Waals surface area contributed by atoms with Gasteiger partial charge in [-0.2, -0.15) is 0 Å². The number of carbonyl (C=O) groups is 1. The molecular formula is C25H26ClN5O3. The summed E-state index contributed by atoms with van der Waals surface area (Å²) in [5, 5.41) is 1.38. The molecule has 9 heteroatoms. The fourth-order valence-corrected chi connectivity index (χ4v) is 3.93. The van der Waals surface area contributed by atoms with Gasteiger partial charge < -0.3 is 18.9 Å². The number of imidazole rings is 1. The number of para-hydroxylation sites is 1. The van der Waals surface area contributed by atoms with Crippen LogP contribution in [0.1, 0.15) is 36.3 Å². The highest BCUT2D eigenvalue weighted by atomic mass is 35.5. The summed E-state index contributed by atoms with van der Waals surface area (Å²) in [6.45, 7) is 4.05. The summed E-state index contributed by atoms with van der Waals surface area (Å²) in [6, 6.07) is 7.82. The third kappa shape index (κ3) is 4.82. The van der Waals surface area contributed by atoms with Crippen LogP contribution in [0.4, 0.5) is 4.79 Å². The molecule has 0 saturated heterocycles. The number of aryl methyl sites for hydroxylation is 1. The van der Waals surface area contributed by atoms with Crippen LogP contribution in [0.25, 0.3) is 16.6 Å². The molecule has 1 atom stereocenters. The summed E-state index contributed by atoms with van der Waals surface area (Å²) in [5.74, 6) is 0.625. The molecule has 0 aliphatic carbocycles. The van der Waals surface area contributed by atoms with Gasteiger partial charge in [-0.05, 0) is 25.5 Å². The molecule has 0 N–H and O–H groups in total. The second-order valence-electron chi connectivity index (χ2n) is 8.06. The van der Waals surface area contributed by atoms with Gasteiger partial charge in [0.1, 0.15) is 24.0 Å². The summed E-state index contributed by atoms with van der Waals surface area (Å²) in [6.07, 6.45) is 8.26. The van der Waals surface area contributed by atoms with Crippen LogP contribution in [-0.2, 0) is 11.3 Å². The smallest absolute Gasteiger partial charge is 0.409 e. The topological polar surface area (TPSA) is 82.4 Å². The highest BCUT2D eigenvalue weighted by Gasteiger charge is 2.22. The van der Waals surface area contributed by atoms with Crippen LogP contribution < -0.4 is 4.74 Å². The summed E-state index contributed by atoms with van der Waals surface area (Å²) in [7, 11) is 3.28. The number of halogens is 1. The summed E-state index contributed by atoms with van der Waals surface area (Å²) < 4.78 is 13.8. The van der Waals surface area contributed by atoms with Crippen LogP contribution in [0.5, 0.6) is 5.75 Å². The van der Waals surface area contributed by atoms with Gasteiger partial charge in [0.05, 0.1) is 17.0 Å². The molecule has 8 nitrogen and oxygen atoms in total. The number of nitrogens with zero attached hydrogens (tertiary/aromatic N) is 5. The van der Waals surface area contributed by atoms with Gasteiger partial charge in [0.15, 0.2) is 0 Å². The Morgan fingerprint density at radius 2 is 2.06 bits per heavy atom. The fraction of sp³-hybridized carbons (Fsp3) is 0.280. The molecule has 1 amide bonds. The lowest BCUT2D eigenvalue weighted by molar-refractivity contribution is 0.0712. The van der Waals surface area contributed by atoms with Gasteiger partial charge in [-0.1, -0.05) is 30.7 Å². The van der Waals surface area contributed by atoms with E-state index in [1.807, 2.05) is 48.9 Å². The van der Waals surface area contributed by atoms with Crippen molar-refractivity contribution in [2.75, 3.05) is 14.1 Å². The highest BCUT2D eigenvalue weighted by Crippen LogP contribution is 2.33. The molecule has 0 spiro atoms. The number of carbonyl (C=O) groups excluding carboxylic acids is 1. The Kier molecular flexibility index (Phi) is 6.98. The maximum atomic E-state index is 12.2. The highest BCUT2D eigenvalue weighted by molar-refractivity contribution is 6.31. The van der Waals surface area contributed by atoms with E-state index < -0.39 is 12.2 Å². The third-order valence-corrected chi connectivity index (χ3v) is 5.75. The van der Waals surface area contributed by atoms with E-state index >= 15 is 0 Å². The Morgan fingerprint density at radius 1 is 1.24 bits per heavy atom. The van der Waals surface area contributed by atoms with Crippen molar-refractivity contribution in [2.24, 2.45) is 0 Å². The lowest BCUT2D eigenvalue weighted by Gasteiger charge is -2.22. The van der Waals surface area contributed by atoms with E-state index in [1.165, 1.54) is 4.90 Å². The average molecular weight is 480 g/mol. The summed E-state index contributed by atoms with van der Waals surface area (Å²) >= 11 is 6.51. The van der Waals surface area contributed by atoms with Crippen LogP contribution >= 0.6 is 11.6 Å². The van der Waals surface area contributed by atoms with E-state index in [2.05, 4.69) is 9.97 Å². The minimum absolute atomic E-state index is 0.168. The van der Waals surface area contributed by atoms with Crippen molar-refractivity contribution in [3.63, 3.8) is 0 Å². The molecule has 0 aliphatic heterocycles. The number of amides is 1. The predicted molar refractivity (Wildman–Crippen MR) is 130 cm³/mol. The molecule has 3 heterocycles. The summed E-state index contributed by atoms with van der Waals surface area (Å²) in [5.41, 5.74) is 4.00. The minimum Gasteiger partial charge on any atom is -0.487 e. The lowest BCUT2D eigenvalue weighted by Crippen LogP contribution is -2.25. The van der Waals surface area contributed by atoms with Crippen LogP contribution in [0.15, 0.2) is 55.4 Å². The molecule has 3 aromatic heterocycles. The zero-order valence-corrected chi connectivity index (χ0v) is 20.3. The average Bonchev–Trinajstić information content (AvgIpc) is 3.36. The van der Waals surface area contributed by atoms with Crippen molar-refractivity contribution in [1.82, 2.24) is 24.4 Å². The first-order valence-corrected chi connectivity index (χ1v) is 11.3. The fourth-order valence-electron chi connectivity index (χ4n) is 3.71. The first-order chi connectivity index (χ1) is 16.4. The minimum atomic E-state index is -0.500. The van der Waals surface area contributed by atoms with Crippen LogP contribution in [0.3, 0.4) is 0 Å². The van der Waals surface area contributed by atoms with Gasteiger partial charge in [-0.15, -0.1) is 0 Å². The van der Waals surface area contributed by atoms with Gasteiger partial charge >= 0.3 is 6.09 Å². The van der Waals surface area contributed by atoms with Crippen LogP contribution in [0, 0.1) is 6.92 Å². The lowest BCUT2D eigenvalue weighted by atomic mass is 10.0. The molecule has 1 unspecified atom stereocenters. The number of hydrogen-bond donors (Lipinski definition) is 0. The molecule has 0 aliphatic rings. The van der Waals surface area contributed by atoms with Crippen LogP contribution in [-0.4, -0.2) is 44.6 Å². The Labute approximate surface area is 203 Å². The molecule has 0 bridgehead atoms. The Bertz CT molecular complexity index is 1310. The molecule has 0 saturated carbocycles. The van der Waals surface area contributed by atoms with Gasteiger partial charge in [0.25, 0.3) is 0 Å². The third-order valence-electron chi connectivity index (χ3n) is 5.43. The number of benzene rings is 1. The van der Waals surface area contributed by atoms with E-state index in [4.69, 9.17) is 26.1 Å². The van der Waals surface area contributed by atoms with Gasteiger partial charge in [-0.3, -0.25) is 4.98 Å². The van der Waals surface area contributed by atoms with E-state index in [0.717, 1.165) is 27.8 Å². The Morgan fingerprint density at radius 3 is 2.76 bits per heavy atom. The largest absolute Gasteiger partial charge is 0.487 e. The monoisotopic (exact) mass is 479 g/mol. The van der Waals surface area contributed by atoms with Crippen molar-refractivity contribution in [3.05, 3.63) is 77.2 Å². The van der Waals surface area contributed by atoms with Crippen molar-refractivity contribution < 1.29 is 14.3 Å². The molecule has 4 aromatic rings. The number of ether oxygens (including phenoxy) is 2. The second-order valence-corrected chi connectivity index (χ2v) is 8.47. The number of aromatic nitrogens is 4. The number of pyridine rings is 2. The van der Waals surface area contributed by atoms with Crippen LogP contribution in [0.2, 0.25) is 5.02 Å². The van der Waals surface area contributed by atoms with E-state index in [9.17, 15) is 4.79 Å². The SMILES string of the molecule is CCC(OC(=O)N(C)C)c1cncc(Cl)c1COc1cccc2c(-n3ccnc3)cc(C)nc12. The van der Waals surface area contributed by atoms with E-state index in [0.29, 0.717) is 22.8 Å². The molecule has 0 fully saturated rings. The molecular weight excluding hydrogens is 454 g/mol. The van der Waals surface area contributed by atoms with Crippen molar-refractivity contribution >= 4 is 28.6 Å². The normalized spacial score (nSPS) is 11.9. The van der Waals surface area contributed by atoms with Gasteiger partial charge in [0.2, 0.25) is 0 Å². The molecule has 1 aromatic carbocycles. The number of hydrogen-bond acceptors (Lipinski definition) is 6. The zero-order valence-electron chi connectivity index (χ0n) is 19.5. The maximum absolute atomic E-state index is 12.2. The Balaban J connectivity index is 1.68. The Hall–Kier alpha value is -3.65. The number of rotatable bonds is 7. The van der Waals surface area contributed by atoms with Crippen molar-refractivity contribution in [2.45, 2.75) is 33.0 Å². The predicted octanol–water partition coefficient (Wildman–Crippen LogP) is 5.51. The molecule has 0 radical (unpaired) electrons. The van der Waals surface area contributed by atoms with Gasteiger partial charge in [-0.25, -0.2) is 14.8 Å². The molecule has 4 rings (SSSR count). The first-order valence-electron chi connectivity index (χ1n) is 10.9. The quantitative estimate of drug-likeness (QED) is 0.348. The summed E-state index contributed by atoms with van der Waals surface area (Å²) in [4.78, 5) is 26.7. The standard InChI is InChI=1S/C25H26ClN5O3/c1-5-22(34-25(32)30(3)4)18-12-28-13-20(26)19(18)14-33-23-8-6-7-17-21(31-10-9-27-15-31)11-16(2)29-24(17)23/h6-13,15,22H,5,14H2,1-4H3. The van der Waals surface area contributed by atoms with Crippen molar-refractivity contribution in [1.29, 1.82) is 0 Å². The molecule has 34 heavy (non-hydrogen) atoms. The number of fused-ring (bicyclic) bond motifs is 1. The maximum Gasteiger partial charge on any atom is 0.409 e. The van der Waals surface area contributed by atoms with E-state index in [-0.39, 0.29) is 6.61 Å². The van der Waals surface area contributed by atoms with E-state index in [1.54, 1.807) is 39.0 Å². The second kappa shape index (κ2) is 10.1. The molecule has 176 valence electrons. The van der Waals surface area contributed by atoms with Crippen molar-refractivity contribution in [3.8, 4) is 11.4 Å². The van der Waals surface area contributed by atoms with Gasteiger partial charge in [0, 0.05) is 61.1 Å². The zero-order chi connectivity index (χ0) is 24.2.